The summed E-state index contributed by atoms with van der Waals surface area (Å²) in [6.45, 7) is 14.2. The highest BCUT2D eigenvalue weighted by molar-refractivity contribution is 8.29. The molecule has 4 nitrogen and oxygen atoms in total. The number of ether oxygens (including phenoxy) is 2. The van der Waals surface area contributed by atoms with Crippen LogP contribution in [0.3, 0.4) is 0 Å². The van der Waals surface area contributed by atoms with E-state index in [0.717, 1.165) is 37.4 Å². The molecule has 3 atom stereocenters. The van der Waals surface area contributed by atoms with Gasteiger partial charge in [-0.2, -0.15) is 0 Å². The van der Waals surface area contributed by atoms with Gasteiger partial charge in [0.25, 0.3) is 0 Å². The molecular weight excluding hydrogens is 430 g/mol. The van der Waals surface area contributed by atoms with Gasteiger partial charge in [0.1, 0.15) is 6.61 Å². The summed E-state index contributed by atoms with van der Waals surface area (Å²) < 4.78 is 17.6. The highest BCUT2D eigenvalue weighted by atomic mass is 32.3. The third kappa shape index (κ3) is 6.02. The standard InChI is InChI=1S/C28H45NO3S/c1-20(2)15-23-19-29-13-12-22-17-26(30-6)27(31-7)18-24(22)25(29)16-21(23)11-10-14-32-33(8,9)28(3,4)5/h17-18,20-21,23,25H,12-16,19H2,1-9H3. The second-order valence-corrected chi connectivity index (χ2v) is 15.3. The van der Waals surface area contributed by atoms with E-state index in [0.29, 0.717) is 30.4 Å². The monoisotopic (exact) mass is 475 g/mol. The number of fused-ring (bicyclic) bond motifs is 3. The van der Waals surface area contributed by atoms with Gasteiger partial charge in [-0.25, -0.2) is 0 Å². The number of rotatable bonds is 6. The fourth-order valence-corrected chi connectivity index (χ4v) is 5.69. The van der Waals surface area contributed by atoms with Crippen molar-refractivity contribution in [2.24, 2.45) is 17.8 Å². The maximum absolute atomic E-state index is 6.29. The first-order chi connectivity index (χ1) is 15.5. The zero-order chi connectivity index (χ0) is 24.4. The van der Waals surface area contributed by atoms with Gasteiger partial charge in [0, 0.05) is 29.8 Å². The largest absolute Gasteiger partial charge is 0.493 e. The van der Waals surface area contributed by atoms with Crippen molar-refractivity contribution in [1.82, 2.24) is 4.90 Å². The molecule has 1 fully saturated rings. The van der Waals surface area contributed by atoms with Crippen LogP contribution < -0.4 is 9.47 Å². The Morgan fingerprint density at radius 2 is 1.79 bits per heavy atom. The number of piperidine rings is 1. The second kappa shape index (κ2) is 10.5. The van der Waals surface area contributed by atoms with Crippen LogP contribution in [0.4, 0.5) is 0 Å². The summed E-state index contributed by atoms with van der Waals surface area (Å²) in [7, 11) is 2.29. The van der Waals surface area contributed by atoms with Crippen LogP contribution in [0.25, 0.3) is 0 Å². The number of nitrogens with zero attached hydrogens (tertiary/aromatic N) is 1. The van der Waals surface area contributed by atoms with Crippen molar-refractivity contribution in [1.29, 1.82) is 0 Å². The number of hydrogen-bond donors (Lipinski definition) is 0. The van der Waals surface area contributed by atoms with Gasteiger partial charge >= 0.3 is 0 Å². The lowest BCUT2D eigenvalue weighted by molar-refractivity contribution is 0.0648. The first-order valence-electron chi connectivity index (χ1n) is 12.3. The molecule has 0 bridgehead atoms. The van der Waals surface area contributed by atoms with E-state index in [1.165, 1.54) is 17.5 Å². The third-order valence-corrected chi connectivity index (χ3v) is 11.2. The first-order valence-corrected chi connectivity index (χ1v) is 14.7. The van der Waals surface area contributed by atoms with E-state index in [4.69, 9.17) is 13.7 Å². The number of hydrogen-bond acceptors (Lipinski definition) is 4. The Bertz CT molecular complexity index is 878. The van der Waals surface area contributed by atoms with Crippen LogP contribution in [0.15, 0.2) is 12.1 Å². The van der Waals surface area contributed by atoms with Crippen LogP contribution in [0.1, 0.15) is 64.6 Å². The molecule has 2 aliphatic rings. The van der Waals surface area contributed by atoms with Crippen LogP contribution in [-0.2, 0) is 10.6 Å². The van der Waals surface area contributed by atoms with Crippen LogP contribution in [0, 0.1) is 29.6 Å². The molecule has 1 aromatic carbocycles. The lowest BCUT2D eigenvalue weighted by atomic mass is 9.74. The smallest absolute Gasteiger partial charge is 0.161 e. The summed E-state index contributed by atoms with van der Waals surface area (Å²) in [5.41, 5.74) is 2.78. The minimum Gasteiger partial charge on any atom is -0.493 e. The van der Waals surface area contributed by atoms with E-state index < -0.39 is 10.3 Å². The van der Waals surface area contributed by atoms with Gasteiger partial charge in [-0.15, -0.1) is 10.3 Å². The van der Waals surface area contributed by atoms with Gasteiger partial charge in [-0.1, -0.05) is 46.5 Å². The van der Waals surface area contributed by atoms with Crippen molar-refractivity contribution >= 4 is 10.3 Å². The molecule has 0 aromatic heterocycles. The van der Waals surface area contributed by atoms with Crippen LogP contribution in [-0.4, -0.2) is 56.1 Å². The predicted molar refractivity (Wildman–Crippen MR) is 142 cm³/mol. The summed E-state index contributed by atoms with van der Waals surface area (Å²) in [6.07, 6.45) is 7.85. The lowest BCUT2D eigenvalue weighted by Crippen LogP contribution is -2.46. The normalized spacial score (nSPS) is 23.9. The van der Waals surface area contributed by atoms with Crippen molar-refractivity contribution in [3.8, 4) is 23.3 Å². The molecule has 33 heavy (non-hydrogen) atoms. The molecule has 0 saturated carbocycles. The van der Waals surface area contributed by atoms with Gasteiger partial charge < -0.3 is 13.7 Å². The lowest BCUT2D eigenvalue weighted by Gasteiger charge is -2.46. The molecule has 0 N–H and O–H groups in total. The van der Waals surface area contributed by atoms with Gasteiger partial charge in [0.05, 0.1) is 14.2 Å². The molecule has 0 spiro atoms. The van der Waals surface area contributed by atoms with Crippen LogP contribution >= 0.6 is 10.3 Å². The molecule has 0 radical (unpaired) electrons. The van der Waals surface area contributed by atoms with E-state index in [2.05, 4.69) is 76.0 Å². The average molecular weight is 476 g/mol. The quantitative estimate of drug-likeness (QED) is 0.466. The third-order valence-electron chi connectivity index (χ3n) is 7.59. The highest BCUT2D eigenvalue weighted by Crippen LogP contribution is 2.53. The Labute approximate surface area is 204 Å². The fourth-order valence-electron chi connectivity index (χ4n) is 4.98. The summed E-state index contributed by atoms with van der Waals surface area (Å²) in [5.74, 6) is 10.4. The Morgan fingerprint density at radius 3 is 2.39 bits per heavy atom. The zero-order valence-electron chi connectivity index (χ0n) is 22.3. The van der Waals surface area contributed by atoms with Crippen LogP contribution in [0.2, 0.25) is 0 Å². The van der Waals surface area contributed by atoms with Gasteiger partial charge in [0.2, 0.25) is 0 Å². The molecule has 3 unspecified atom stereocenters. The Hall–Kier alpha value is -1.35. The predicted octanol–water partition coefficient (Wildman–Crippen LogP) is 6.08. The van der Waals surface area contributed by atoms with E-state index in [9.17, 15) is 0 Å². The minimum absolute atomic E-state index is 0.159. The molecule has 0 amide bonds. The Kier molecular flexibility index (Phi) is 8.36. The molecule has 1 aromatic rings. The highest BCUT2D eigenvalue weighted by Gasteiger charge is 2.39. The van der Waals surface area contributed by atoms with Crippen molar-refractivity contribution in [2.75, 3.05) is 46.4 Å². The molecule has 2 heterocycles. The van der Waals surface area contributed by atoms with Gasteiger partial charge in [0.15, 0.2) is 11.5 Å². The molecule has 0 aliphatic carbocycles. The molecule has 3 rings (SSSR count). The molecule has 1 saturated heterocycles. The molecule has 186 valence electrons. The van der Waals surface area contributed by atoms with Crippen LogP contribution in [0.5, 0.6) is 11.5 Å². The minimum atomic E-state index is -1.14. The van der Waals surface area contributed by atoms with E-state index in [1.54, 1.807) is 14.2 Å². The van der Waals surface area contributed by atoms with Crippen molar-refractivity contribution < 1.29 is 13.7 Å². The number of methoxy groups -OCH3 is 2. The summed E-state index contributed by atoms with van der Waals surface area (Å²) in [5, 5.41) is 0. The van der Waals surface area contributed by atoms with E-state index in [1.807, 2.05) is 0 Å². The van der Waals surface area contributed by atoms with Gasteiger partial charge in [-0.05, 0) is 66.9 Å². The van der Waals surface area contributed by atoms with E-state index in [-0.39, 0.29) is 4.75 Å². The van der Waals surface area contributed by atoms with Crippen molar-refractivity contribution in [2.45, 2.75) is 64.7 Å². The topological polar surface area (TPSA) is 30.9 Å². The summed E-state index contributed by atoms with van der Waals surface area (Å²) in [4.78, 5) is 2.68. The Balaban J connectivity index is 1.82. The van der Waals surface area contributed by atoms with E-state index >= 15 is 0 Å². The maximum Gasteiger partial charge on any atom is 0.161 e. The molecular formula is C28H45NO3S. The summed E-state index contributed by atoms with van der Waals surface area (Å²) in [6, 6.07) is 4.78. The first kappa shape index (κ1) is 26.3. The zero-order valence-corrected chi connectivity index (χ0v) is 23.1. The second-order valence-electron chi connectivity index (χ2n) is 11.3. The Morgan fingerprint density at radius 1 is 1.12 bits per heavy atom. The fraction of sp³-hybridized carbons (Fsp3) is 0.714. The van der Waals surface area contributed by atoms with Gasteiger partial charge in [-0.3, -0.25) is 4.90 Å². The van der Waals surface area contributed by atoms with Crippen molar-refractivity contribution in [3.63, 3.8) is 0 Å². The van der Waals surface area contributed by atoms with Crippen molar-refractivity contribution in [3.05, 3.63) is 23.3 Å². The SMILES string of the molecule is COc1cc2c(cc1OC)C1CC(C#CCOS(C)(C)C(C)(C)C)C(CC(C)C)CN1CC2. The molecule has 2 aliphatic heterocycles. The molecule has 5 heteroatoms. The summed E-state index contributed by atoms with van der Waals surface area (Å²) >= 11 is 0. The average Bonchev–Trinajstić information content (AvgIpc) is 2.74. The maximum atomic E-state index is 6.29. The number of benzene rings is 1.